The summed E-state index contributed by atoms with van der Waals surface area (Å²) in [7, 11) is 0. The van der Waals surface area contributed by atoms with Gasteiger partial charge in [0.05, 0.1) is 5.69 Å². The van der Waals surface area contributed by atoms with E-state index < -0.39 is 23.4 Å². The van der Waals surface area contributed by atoms with E-state index in [2.05, 4.69) is 27.8 Å². The van der Waals surface area contributed by atoms with Crippen LogP contribution >= 0.6 is 11.3 Å². The fraction of sp³-hybridized carbons (Fsp3) is 0.0435. The topological polar surface area (TPSA) is 54.0 Å². The number of carbonyl (C=O) groups excluding carboxylic acids is 1. The first-order valence-electron chi connectivity index (χ1n) is 9.19. The Morgan fingerprint density at radius 2 is 1.50 bits per heavy atom. The molecular weight excluding hydrogens is 404 g/mol. The number of halogens is 2. The predicted molar refractivity (Wildman–Crippen MR) is 116 cm³/mol. The minimum absolute atomic E-state index is 0.326. The first-order valence-corrected chi connectivity index (χ1v) is 10.1. The van der Waals surface area contributed by atoms with Crippen molar-refractivity contribution in [1.29, 1.82) is 0 Å². The molecule has 0 fully saturated rings. The number of anilines is 2. The van der Waals surface area contributed by atoms with Crippen LogP contribution in [0.4, 0.5) is 24.4 Å². The van der Waals surface area contributed by atoms with Crippen molar-refractivity contribution < 1.29 is 13.6 Å². The van der Waals surface area contributed by atoms with E-state index in [1.807, 2.05) is 47.8 Å². The van der Waals surface area contributed by atoms with Gasteiger partial charge in [-0.15, -0.1) is 11.3 Å². The third-order valence-corrected chi connectivity index (χ3v) is 5.18. The molecule has 0 saturated heterocycles. The zero-order chi connectivity index (χ0) is 20.9. The highest BCUT2D eigenvalue weighted by Gasteiger charge is 2.13. The van der Waals surface area contributed by atoms with Crippen molar-refractivity contribution in [2.45, 2.75) is 6.42 Å². The maximum atomic E-state index is 13.6. The van der Waals surface area contributed by atoms with Gasteiger partial charge >= 0.3 is 6.03 Å². The lowest BCUT2D eigenvalue weighted by Gasteiger charge is -2.07. The van der Waals surface area contributed by atoms with Gasteiger partial charge in [0.25, 0.3) is 0 Å². The lowest BCUT2D eigenvalue weighted by molar-refractivity contribution is 0.262. The molecule has 0 bridgehead atoms. The van der Waals surface area contributed by atoms with Gasteiger partial charge in [-0.05, 0) is 29.7 Å². The van der Waals surface area contributed by atoms with Crippen molar-refractivity contribution in [3.8, 4) is 11.3 Å². The average molecular weight is 421 g/mol. The van der Waals surface area contributed by atoms with E-state index in [1.54, 1.807) is 0 Å². The smallest absolute Gasteiger partial charge is 0.302 e. The molecule has 0 aliphatic rings. The first kappa shape index (κ1) is 19.7. The number of urea groups is 1. The maximum absolute atomic E-state index is 13.6. The molecule has 7 heteroatoms. The van der Waals surface area contributed by atoms with Gasteiger partial charge in [0.2, 0.25) is 0 Å². The van der Waals surface area contributed by atoms with E-state index in [0.717, 1.165) is 24.1 Å². The number of thiazole rings is 1. The molecule has 4 nitrogen and oxygen atoms in total. The molecule has 2 N–H and O–H groups in total. The molecule has 0 aliphatic heterocycles. The maximum Gasteiger partial charge on any atom is 0.325 e. The van der Waals surface area contributed by atoms with Crippen molar-refractivity contribution >= 4 is 28.2 Å². The van der Waals surface area contributed by atoms with E-state index in [-0.39, 0.29) is 0 Å². The van der Waals surface area contributed by atoms with Crippen LogP contribution in [0.1, 0.15) is 11.1 Å². The standard InChI is InChI=1S/C23H17F2N3OS/c24-18-7-4-8-19(25)21(18)27-22(29)28-23-26-20(14-30-23)17-11-9-16(10-12-17)13-15-5-2-1-3-6-15/h1-12,14H,13H2,(H2,26,27,28,29). The number of carbonyl (C=O) groups is 1. The molecule has 0 spiro atoms. The van der Waals surface area contributed by atoms with E-state index in [0.29, 0.717) is 10.8 Å². The molecule has 30 heavy (non-hydrogen) atoms. The van der Waals surface area contributed by atoms with Gasteiger partial charge in [-0.2, -0.15) is 0 Å². The van der Waals surface area contributed by atoms with Crippen molar-refractivity contribution in [2.24, 2.45) is 0 Å². The Bertz CT molecular complexity index is 1140. The average Bonchev–Trinajstić information content (AvgIpc) is 3.20. The molecule has 0 atom stereocenters. The van der Waals surface area contributed by atoms with Crippen molar-refractivity contribution in [3.05, 3.63) is 101 Å². The first-order chi connectivity index (χ1) is 14.6. The minimum Gasteiger partial charge on any atom is -0.302 e. The van der Waals surface area contributed by atoms with Gasteiger partial charge in [0, 0.05) is 10.9 Å². The van der Waals surface area contributed by atoms with Crippen molar-refractivity contribution in [1.82, 2.24) is 4.98 Å². The van der Waals surface area contributed by atoms with Crippen LogP contribution in [0.5, 0.6) is 0 Å². The van der Waals surface area contributed by atoms with Crippen LogP contribution in [0.3, 0.4) is 0 Å². The van der Waals surface area contributed by atoms with Crippen molar-refractivity contribution in [3.63, 3.8) is 0 Å². The summed E-state index contributed by atoms with van der Waals surface area (Å²) < 4.78 is 27.3. The number of hydrogen-bond donors (Lipinski definition) is 2. The Balaban J connectivity index is 1.40. The second-order valence-corrected chi connectivity index (χ2v) is 7.43. The van der Waals surface area contributed by atoms with Crippen molar-refractivity contribution in [2.75, 3.05) is 10.6 Å². The molecule has 0 radical (unpaired) electrons. The molecular formula is C23H17F2N3OS. The third kappa shape index (κ3) is 4.69. The Morgan fingerprint density at radius 1 is 0.833 bits per heavy atom. The summed E-state index contributed by atoms with van der Waals surface area (Å²) in [5.41, 5.74) is 3.55. The fourth-order valence-electron chi connectivity index (χ4n) is 2.95. The molecule has 3 aromatic carbocycles. The summed E-state index contributed by atoms with van der Waals surface area (Å²) in [4.78, 5) is 16.4. The number of nitrogens with one attached hydrogen (secondary N) is 2. The van der Waals surface area contributed by atoms with E-state index >= 15 is 0 Å². The molecule has 4 aromatic rings. The quantitative estimate of drug-likeness (QED) is 0.396. The van der Waals surface area contributed by atoms with Gasteiger partial charge in [-0.3, -0.25) is 5.32 Å². The highest BCUT2D eigenvalue weighted by Crippen LogP contribution is 2.26. The molecule has 150 valence electrons. The molecule has 0 unspecified atom stereocenters. The number of nitrogens with zero attached hydrogens (tertiary/aromatic N) is 1. The SMILES string of the molecule is O=C(Nc1nc(-c2ccc(Cc3ccccc3)cc2)cs1)Nc1c(F)cccc1F. The van der Waals surface area contributed by atoms with Crippen LogP contribution in [-0.2, 0) is 6.42 Å². The number of hydrogen-bond acceptors (Lipinski definition) is 3. The zero-order valence-corrected chi connectivity index (χ0v) is 16.5. The van der Waals surface area contributed by atoms with Gasteiger partial charge in [0.15, 0.2) is 5.13 Å². The molecule has 1 aromatic heterocycles. The lowest BCUT2D eigenvalue weighted by atomic mass is 10.0. The number of para-hydroxylation sites is 1. The normalized spacial score (nSPS) is 10.6. The van der Waals surface area contributed by atoms with Crippen LogP contribution in [0.25, 0.3) is 11.3 Å². The van der Waals surface area contributed by atoms with E-state index in [9.17, 15) is 13.6 Å². The summed E-state index contributed by atoms with van der Waals surface area (Å²) in [5.74, 6) is -1.69. The monoisotopic (exact) mass is 421 g/mol. The van der Waals surface area contributed by atoms with Gasteiger partial charge < -0.3 is 5.32 Å². The van der Waals surface area contributed by atoms with Crippen LogP contribution < -0.4 is 10.6 Å². The molecule has 0 aliphatic carbocycles. The Kier molecular flexibility index (Phi) is 5.81. The van der Waals surface area contributed by atoms with Crippen LogP contribution in [0.15, 0.2) is 78.2 Å². The summed E-state index contributed by atoms with van der Waals surface area (Å²) in [5, 5.41) is 6.81. The summed E-state index contributed by atoms with van der Waals surface area (Å²) in [6.45, 7) is 0. The van der Waals surface area contributed by atoms with E-state index in [1.165, 1.54) is 28.5 Å². The van der Waals surface area contributed by atoms with Gasteiger partial charge in [-0.25, -0.2) is 18.6 Å². The fourth-order valence-corrected chi connectivity index (χ4v) is 3.66. The lowest BCUT2D eigenvalue weighted by Crippen LogP contribution is -2.20. The van der Waals surface area contributed by atoms with E-state index in [4.69, 9.17) is 0 Å². The number of amides is 2. The number of rotatable bonds is 5. The predicted octanol–water partition coefficient (Wildman–Crippen LogP) is 6.32. The largest absolute Gasteiger partial charge is 0.325 e. The highest BCUT2D eigenvalue weighted by atomic mass is 32.1. The molecule has 1 heterocycles. The summed E-state index contributed by atoms with van der Waals surface area (Å²) in [6.07, 6.45) is 0.845. The van der Waals surface area contributed by atoms with Crippen LogP contribution in [-0.4, -0.2) is 11.0 Å². The second kappa shape index (κ2) is 8.84. The zero-order valence-electron chi connectivity index (χ0n) is 15.7. The van der Waals surface area contributed by atoms with Gasteiger partial charge in [0.1, 0.15) is 17.3 Å². The van der Waals surface area contributed by atoms with Gasteiger partial charge in [-0.1, -0.05) is 60.7 Å². The number of benzene rings is 3. The second-order valence-electron chi connectivity index (χ2n) is 6.57. The Morgan fingerprint density at radius 3 is 2.20 bits per heavy atom. The highest BCUT2D eigenvalue weighted by molar-refractivity contribution is 7.14. The van der Waals surface area contributed by atoms with Crippen LogP contribution in [0.2, 0.25) is 0 Å². The Hall–Kier alpha value is -3.58. The van der Waals surface area contributed by atoms with Crippen LogP contribution in [0, 0.1) is 11.6 Å². The summed E-state index contributed by atoms with van der Waals surface area (Å²) in [6, 6.07) is 20.9. The Labute approximate surface area is 176 Å². The molecule has 4 rings (SSSR count). The summed E-state index contributed by atoms with van der Waals surface area (Å²) >= 11 is 1.23. The third-order valence-electron chi connectivity index (χ3n) is 4.43. The molecule has 2 amide bonds. The number of aromatic nitrogens is 1. The molecule has 0 saturated carbocycles. The minimum atomic E-state index is -0.847.